The van der Waals surface area contributed by atoms with Crippen molar-refractivity contribution >= 4 is 5.82 Å². The summed E-state index contributed by atoms with van der Waals surface area (Å²) in [5, 5.41) is 20.3. The highest BCUT2D eigenvalue weighted by Crippen LogP contribution is 2.20. The van der Waals surface area contributed by atoms with Gasteiger partial charge in [-0.05, 0) is 42.3 Å². The summed E-state index contributed by atoms with van der Waals surface area (Å²) < 4.78 is 3.52. The minimum Gasteiger partial charge on any atom is -0.365 e. The summed E-state index contributed by atoms with van der Waals surface area (Å²) in [7, 11) is 1.92. The fourth-order valence-electron chi connectivity index (χ4n) is 2.71. The van der Waals surface area contributed by atoms with Crippen molar-refractivity contribution in [1.29, 1.82) is 0 Å². The predicted molar refractivity (Wildman–Crippen MR) is 99.9 cm³/mol. The fourth-order valence-corrected chi connectivity index (χ4v) is 2.71. The van der Waals surface area contributed by atoms with E-state index in [1.807, 2.05) is 56.8 Å². The second-order valence-corrected chi connectivity index (χ2v) is 6.14. The van der Waals surface area contributed by atoms with E-state index in [-0.39, 0.29) is 0 Å². The molecule has 7 heteroatoms. The van der Waals surface area contributed by atoms with E-state index in [1.165, 1.54) is 5.56 Å². The Hall–Kier alpha value is -3.48. The van der Waals surface area contributed by atoms with Gasteiger partial charge in [0.15, 0.2) is 5.82 Å². The van der Waals surface area contributed by atoms with Gasteiger partial charge in [0.25, 0.3) is 0 Å². The summed E-state index contributed by atoms with van der Waals surface area (Å²) in [4.78, 5) is 0. The molecule has 0 atom stereocenters. The van der Waals surface area contributed by atoms with E-state index in [9.17, 15) is 0 Å². The van der Waals surface area contributed by atoms with E-state index in [0.29, 0.717) is 12.4 Å². The molecule has 130 valence electrons. The van der Waals surface area contributed by atoms with Crippen molar-refractivity contribution in [2.24, 2.45) is 7.05 Å². The summed E-state index contributed by atoms with van der Waals surface area (Å²) in [6, 6.07) is 14.1. The van der Waals surface area contributed by atoms with E-state index in [1.54, 1.807) is 9.36 Å². The van der Waals surface area contributed by atoms with Crippen LogP contribution in [-0.4, -0.2) is 29.8 Å². The lowest BCUT2D eigenvalue weighted by Crippen LogP contribution is -2.05. The van der Waals surface area contributed by atoms with Crippen molar-refractivity contribution < 1.29 is 0 Å². The number of nitrogens with one attached hydrogen (secondary N) is 1. The molecule has 0 bridgehead atoms. The van der Waals surface area contributed by atoms with E-state index in [2.05, 4.69) is 43.9 Å². The van der Waals surface area contributed by atoms with Gasteiger partial charge in [-0.1, -0.05) is 18.2 Å². The lowest BCUT2D eigenvalue weighted by molar-refractivity contribution is 0.768. The second kappa shape index (κ2) is 6.79. The molecule has 3 heterocycles. The Morgan fingerprint density at radius 1 is 1.04 bits per heavy atom. The van der Waals surface area contributed by atoms with Crippen LogP contribution in [0.25, 0.3) is 16.9 Å². The standard InChI is InChI=1S/C19H19N7/c1-14-8-9-26(24-14)19-7-6-18(22-23-19)20-11-15-4-3-5-16(10-15)17-12-21-25(2)13-17/h3-10,12-13H,11H2,1-2H3,(H,20,22). The number of nitrogens with zero attached hydrogens (tertiary/aromatic N) is 6. The van der Waals surface area contributed by atoms with Crippen molar-refractivity contribution in [3.63, 3.8) is 0 Å². The number of hydrogen-bond donors (Lipinski definition) is 1. The molecule has 1 aromatic carbocycles. The zero-order chi connectivity index (χ0) is 17.9. The lowest BCUT2D eigenvalue weighted by atomic mass is 10.1. The van der Waals surface area contributed by atoms with E-state index in [4.69, 9.17) is 0 Å². The molecule has 4 aromatic rings. The van der Waals surface area contributed by atoms with Gasteiger partial charge in [0.2, 0.25) is 0 Å². The van der Waals surface area contributed by atoms with Crippen molar-refractivity contribution in [2.75, 3.05) is 5.32 Å². The van der Waals surface area contributed by atoms with Gasteiger partial charge in [-0.2, -0.15) is 10.2 Å². The first-order valence-corrected chi connectivity index (χ1v) is 8.35. The molecule has 4 rings (SSSR count). The third kappa shape index (κ3) is 3.46. The van der Waals surface area contributed by atoms with Gasteiger partial charge in [0.05, 0.1) is 11.9 Å². The van der Waals surface area contributed by atoms with Crippen LogP contribution in [0.3, 0.4) is 0 Å². The topological polar surface area (TPSA) is 73.5 Å². The second-order valence-electron chi connectivity index (χ2n) is 6.14. The molecule has 0 spiro atoms. The molecule has 0 aliphatic carbocycles. The van der Waals surface area contributed by atoms with Crippen molar-refractivity contribution in [3.05, 3.63) is 72.3 Å². The summed E-state index contributed by atoms with van der Waals surface area (Å²) in [6.45, 7) is 2.61. The Morgan fingerprint density at radius 2 is 1.96 bits per heavy atom. The van der Waals surface area contributed by atoms with Crippen molar-refractivity contribution in [2.45, 2.75) is 13.5 Å². The summed E-state index contributed by atoms with van der Waals surface area (Å²) in [5.74, 6) is 1.42. The molecule has 0 fully saturated rings. The monoisotopic (exact) mass is 345 g/mol. The van der Waals surface area contributed by atoms with Crippen molar-refractivity contribution in [1.82, 2.24) is 29.8 Å². The molecule has 0 radical (unpaired) electrons. The molecule has 0 amide bonds. The Balaban J connectivity index is 1.44. The van der Waals surface area contributed by atoms with Gasteiger partial charge in [-0.15, -0.1) is 10.2 Å². The number of anilines is 1. The Kier molecular flexibility index (Phi) is 4.18. The van der Waals surface area contributed by atoms with Gasteiger partial charge in [-0.25, -0.2) is 4.68 Å². The van der Waals surface area contributed by atoms with Crippen LogP contribution in [0.4, 0.5) is 5.82 Å². The first-order valence-electron chi connectivity index (χ1n) is 8.35. The molecular formula is C19H19N7. The van der Waals surface area contributed by atoms with E-state index in [0.717, 1.165) is 22.6 Å². The number of rotatable bonds is 5. The van der Waals surface area contributed by atoms with Gasteiger partial charge >= 0.3 is 0 Å². The molecule has 1 N–H and O–H groups in total. The lowest BCUT2D eigenvalue weighted by Gasteiger charge is -2.07. The van der Waals surface area contributed by atoms with E-state index >= 15 is 0 Å². The summed E-state index contributed by atoms with van der Waals surface area (Å²) >= 11 is 0. The molecule has 0 saturated carbocycles. The van der Waals surface area contributed by atoms with Gasteiger partial charge < -0.3 is 5.32 Å². The highest BCUT2D eigenvalue weighted by molar-refractivity contribution is 5.62. The minimum atomic E-state index is 0.670. The summed E-state index contributed by atoms with van der Waals surface area (Å²) in [6.07, 6.45) is 5.75. The van der Waals surface area contributed by atoms with Gasteiger partial charge in [0, 0.05) is 31.5 Å². The maximum Gasteiger partial charge on any atom is 0.175 e. The average molecular weight is 345 g/mol. The zero-order valence-corrected chi connectivity index (χ0v) is 14.7. The van der Waals surface area contributed by atoms with Crippen LogP contribution in [0.5, 0.6) is 0 Å². The van der Waals surface area contributed by atoms with Crippen LogP contribution in [0.15, 0.2) is 61.1 Å². The maximum atomic E-state index is 4.33. The van der Waals surface area contributed by atoms with Crippen molar-refractivity contribution in [3.8, 4) is 16.9 Å². The fraction of sp³-hybridized carbons (Fsp3) is 0.158. The Morgan fingerprint density at radius 3 is 2.65 bits per heavy atom. The molecule has 26 heavy (non-hydrogen) atoms. The smallest absolute Gasteiger partial charge is 0.175 e. The maximum absolute atomic E-state index is 4.33. The molecular weight excluding hydrogens is 326 g/mol. The van der Waals surface area contributed by atoms with Crippen LogP contribution in [-0.2, 0) is 13.6 Å². The van der Waals surface area contributed by atoms with Crippen LogP contribution < -0.4 is 5.32 Å². The minimum absolute atomic E-state index is 0.670. The first-order chi connectivity index (χ1) is 12.7. The van der Waals surface area contributed by atoms with Crippen LogP contribution >= 0.6 is 0 Å². The third-order valence-electron chi connectivity index (χ3n) is 4.05. The van der Waals surface area contributed by atoms with Crippen LogP contribution in [0.1, 0.15) is 11.3 Å². The Labute approximate surface area is 151 Å². The molecule has 0 aliphatic heterocycles. The number of benzene rings is 1. The summed E-state index contributed by atoms with van der Waals surface area (Å²) in [5.41, 5.74) is 4.36. The van der Waals surface area contributed by atoms with E-state index < -0.39 is 0 Å². The highest BCUT2D eigenvalue weighted by Gasteiger charge is 2.04. The third-order valence-corrected chi connectivity index (χ3v) is 4.05. The number of hydrogen-bond acceptors (Lipinski definition) is 5. The first kappa shape index (κ1) is 16.0. The average Bonchev–Trinajstić information content (AvgIpc) is 3.29. The van der Waals surface area contributed by atoms with Crippen LogP contribution in [0, 0.1) is 6.92 Å². The molecule has 7 nitrogen and oxygen atoms in total. The SMILES string of the molecule is Cc1ccn(-c2ccc(NCc3cccc(-c4cnn(C)c4)c3)nn2)n1. The molecule has 3 aromatic heterocycles. The Bertz CT molecular complexity index is 1010. The number of aromatic nitrogens is 6. The predicted octanol–water partition coefficient (Wildman–Crippen LogP) is 2.98. The number of aryl methyl sites for hydroxylation is 2. The van der Waals surface area contributed by atoms with Gasteiger partial charge in [0.1, 0.15) is 5.82 Å². The molecule has 0 unspecified atom stereocenters. The highest BCUT2D eigenvalue weighted by atomic mass is 15.3. The van der Waals surface area contributed by atoms with Crippen LogP contribution in [0.2, 0.25) is 0 Å². The molecule has 0 saturated heterocycles. The zero-order valence-electron chi connectivity index (χ0n) is 14.7. The quantitative estimate of drug-likeness (QED) is 0.602. The normalized spacial score (nSPS) is 10.8. The van der Waals surface area contributed by atoms with Gasteiger partial charge in [-0.3, -0.25) is 4.68 Å². The largest absolute Gasteiger partial charge is 0.365 e. The molecule has 0 aliphatic rings.